The van der Waals surface area contributed by atoms with Crippen LogP contribution >= 0.6 is 0 Å². The average molecular weight is 325 g/mol. The molecule has 0 aromatic carbocycles. The molecule has 0 saturated heterocycles. The van der Waals surface area contributed by atoms with Crippen molar-refractivity contribution >= 4 is 14.0 Å². The Bertz CT molecular complexity index is 402. The maximum absolute atomic E-state index is 11.7. The zero-order chi connectivity index (χ0) is 17.4. The van der Waals surface area contributed by atoms with E-state index in [2.05, 4.69) is 45.6 Å². The Balaban J connectivity index is 4.47. The van der Waals surface area contributed by atoms with Crippen LogP contribution in [-0.2, 0) is 9.53 Å². The molecule has 3 heteroatoms. The van der Waals surface area contributed by atoms with E-state index in [4.69, 9.17) is 4.74 Å². The summed E-state index contributed by atoms with van der Waals surface area (Å²) >= 11 is 0. The molecule has 0 N–H and O–H groups in total. The van der Waals surface area contributed by atoms with Crippen LogP contribution in [0.4, 0.5) is 0 Å². The van der Waals surface area contributed by atoms with Crippen LogP contribution in [0.3, 0.4) is 0 Å². The largest absolute Gasteiger partial charge is 0.465 e. The number of carbonyl (C=O) groups is 1. The molecule has 0 radical (unpaired) electrons. The van der Waals surface area contributed by atoms with Gasteiger partial charge in [0.2, 0.25) is 0 Å². The van der Waals surface area contributed by atoms with Gasteiger partial charge in [0.05, 0.1) is 12.0 Å². The number of rotatable bonds is 8. The molecule has 0 aromatic heterocycles. The minimum absolute atomic E-state index is 0.114. The SMILES string of the molecule is CC(C)=CCC/C(=C/CCOC(=O)C(C)(C)C)C[Si](C)(C)C. The van der Waals surface area contributed by atoms with Gasteiger partial charge in [0.25, 0.3) is 0 Å². The number of allylic oxidation sites excluding steroid dienone is 3. The Labute approximate surface area is 139 Å². The highest BCUT2D eigenvalue weighted by molar-refractivity contribution is 6.76. The van der Waals surface area contributed by atoms with E-state index in [1.165, 1.54) is 17.2 Å². The van der Waals surface area contributed by atoms with Crippen molar-refractivity contribution in [1.82, 2.24) is 0 Å². The van der Waals surface area contributed by atoms with Gasteiger partial charge in [0, 0.05) is 8.07 Å². The number of carbonyl (C=O) groups excluding carboxylic acids is 1. The molecule has 0 bridgehead atoms. The first-order valence-electron chi connectivity index (χ1n) is 8.40. The highest BCUT2D eigenvalue weighted by Crippen LogP contribution is 2.22. The molecule has 22 heavy (non-hydrogen) atoms. The number of hydrogen-bond acceptors (Lipinski definition) is 2. The second kappa shape index (κ2) is 9.34. The third kappa shape index (κ3) is 11.8. The first kappa shape index (κ1) is 21.2. The Morgan fingerprint density at radius 1 is 1.05 bits per heavy atom. The molecule has 0 rings (SSSR count). The van der Waals surface area contributed by atoms with Crippen molar-refractivity contribution < 1.29 is 9.53 Å². The monoisotopic (exact) mass is 324 g/mol. The van der Waals surface area contributed by atoms with Crippen LogP contribution in [0.5, 0.6) is 0 Å². The second-order valence-corrected chi connectivity index (χ2v) is 14.1. The van der Waals surface area contributed by atoms with Crippen molar-refractivity contribution in [3.8, 4) is 0 Å². The normalized spacial score (nSPS) is 13.0. The van der Waals surface area contributed by atoms with E-state index >= 15 is 0 Å². The molecule has 0 fully saturated rings. The molecular weight excluding hydrogens is 288 g/mol. The highest BCUT2D eigenvalue weighted by Gasteiger charge is 2.22. The summed E-state index contributed by atoms with van der Waals surface area (Å²) in [5, 5.41) is 0. The lowest BCUT2D eigenvalue weighted by atomic mass is 9.97. The predicted octanol–water partition coefficient (Wildman–Crippen LogP) is 5.98. The van der Waals surface area contributed by atoms with Crippen molar-refractivity contribution in [2.24, 2.45) is 5.41 Å². The summed E-state index contributed by atoms with van der Waals surface area (Å²) in [5.74, 6) is -0.114. The molecule has 128 valence electrons. The molecule has 2 nitrogen and oxygen atoms in total. The molecule has 0 aliphatic heterocycles. The van der Waals surface area contributed by atoms with Gasteiger partial charge in [0.1, 0.15) is 0 Å². The van der Waals surface area contributed by atoms with Gasteiger partial charge >= 0.3 is 5.97 Å². The van der Waals surface area contributed by atoms with Crippen molar-refractivity contribution in [3.05, 3.63) is 23.3 Å². The summed E-state index contributed by atoms with van der Waals surface area (Å²) in [6, 6.07) is 1.23. The van der Waals surface area contributed by atoms with E-state index < -0.39 is 13.5 Å². The molecule has 0 aliphatic rings. The van der Waals surface area contributed by atoms with E-state index in [1.54, 1.807) is 0 Å². The van der Waals surface area contributed by atoms with Crippen molar-refractivity contribution in [2.45, 2.75) is 79.6 Å². The van der Waals surface area contributed by atoms with Gasteiger partial charge < -0.3 is 4.74 Å². The van der Waals surface area contributed by atoms with Crippen LogP contribution in [0.2, 0.25) is 25.7 Å². The molecule has 0 unspecified atom stereocenters. The zero-order valence-corrected chi connectivity index (χ0v) is 17.0. The Kier molecular flexibility index (Phi) is 8.98. The standard InChI is InChI=1S/C19H36O2Si/c1-16(2)11-9-12-17(15-22(6,7)8)13-10-14-21-18(20)19(3,4)5/h11,13H,9-10,12,14-15H2,1-8H3/b17-13-. The number of esters is 1. The lowest BCUT2D eigenvalue weighted by Gasteiger charge is -2.19. The molecule has 0 amide bonds. The van der Waals surface area contributed by atoms with E-state index in [-0.39, 0.29) is 5.97 Å². The van der Waals surface area contributed by atoms with Gasteiger partial charge in [-0.2, -0.15) is 0 Å². The van der Waals surface area contributed by atoms with Crippen LogP contribution in [0.25, 0.3) is 0 Å². The fourth-order valence-corrected chi connectivity index (χ4v) is 3.80. The van der Waals surface area contributed by atoms with Crippen molar-refractivity contribution in [2.75, 3.05) is 6.61 Å². The maximum Gasteiger partial charge on any atom is 0.311 e. The molecule has 0 saturated carbocycles. The van der Waals surface area contributed by atoms with E-state index in [0.29, 0.717) is 6.61 Å². The summed E-state index contributed by atoms with van der Waals surface area (Å²) in [4.78, 5) is 11.7. The van der Waals surface area contributed by atoms with Gasteiger partial charge in [-0.05, 0) is 59.9 Å². The van der Waals surface area contributed by atoms with E-state index in [0.717, 1.165) is 19.3 Å². The third-order valence-corrected chi connectivity index (χ3v) is 4.69. The van der Waals surface area contributed by atoms with Gasteiger partial charge in [-0.25, -0.2) is 0 Å². The second-order valence-electron chi connectivity index (χ2n) is 8.59. The minimum Gasteiger partial charge on any atom is -0.465 e. The van der Waals surface area contributed by atoms with Crippen LogP contribution in [-0.4, -0.2) is 20.7 Å². The molecule has 0 spiro atoms. The first-order chi connectivity index (χ1) is 9.92. The Morgan fingerprint density at radius 2 is 1.64 bits per heavy atom. The quantitative estimate of drug-likeness (QED) is 0.238. The van der Waals surface area contributed by atoms with Crippen molar-refractivity contribution in [3.63, 3.8) is 0 Å². The summed E-state index contributed by atoms with van der Waals surface area (Å²) in [5.41, 5.74) is 2.50. The smallest absolute Gasteiger partial charge is 0.311 e. The first-order valence-corrected chi connectivity index (χ1v) is 12.1. The lowest BCUT2D eigenvalue weighted by Crippen LogP contribution is -2.23. The fourth-order valence-electron chi connectivity index (χ4n) is 2.12. The topological polar surface area (TPSA) is 26.3 Å². The molecular formula is C19H36O2Si. The summed E-state index contributed by atoms with van der Waals surface area (Å²) in [7, 11) is -1.11. The van der Waals surface area contributed by atoms with Gasteiger partial charge in [-0.3, -0.25) is 4.79 Å². The summed E-state index contributed by atoms with van der Waals surface area (Å²) in [6.07, 6.45) is 7.67. The molecule has 0 aliphatic carbocycles. The average Bonchev–Trinajstić information content (AvgIpc) is 2.30. The Hall–Kier alpha value is -0.833. The van der Waals surface area contributed by atoms with Gasteiger partial charge in [0.15, 0.2) is 0 Å². The number of ether oxygens (including phenoxy) is 1. The molecule has 0 heterocycles. The van der Waals surface area contributed by atoms with Crippen LogP contribution < -0.4 is 0 Å². The molecule has 0 atom stereocenters. The maximum atomic E-state index is 11.7. The minimum atomic E-state index is -1.11. The lowest BCUT2D eigenvalue weighted by molar-refractivity contribution is -0.152. The fraction of sp³-hybridized carbons (Fsp3) is 0.737. The van der Waals surface area contributed by atoms with E-state index in [1.807, 2.05) is 20.8 Å². The zero-order valence-electron chi connectivity index (χ0n) is 16.0. The van der Waals surface area contributed by atoms with Crippen LogP contribution in [0.15, 0.2) is 23.3 Å². The van der Waals surface area contributed by atoms with E-state index in [9.17, 15) is 4.79 Å². The Morgan fingerprint density at radius 3 is 2.09 bits per heavy atom. The van der Waals surface area contributed by atoms with Gasteiger partial charge in [-0.15, -0.1) is 0 Å². The van der Waals surface area contributed by atoms with Crippen molar-refractivity contribution in [1.29, 1.82) is 0 Å². The highest BCUT2D eigenvalue weighted by atomic mass is 28.3. The van der Waals surface area contributed by atoms with Gasteiger partial charge in [-0.1, -0.05) is 42.9 Å². The van der Waals surface area contributed by atoms with Crippen LogP contribution in [0, 0.1) is 5.41 Å². The summed E-state index contributed by atoms with van der Waals surface area (Å²) < 4.78 is 5.35. The molecule has 0 aromatic rings. The third-order valence-electron chi connectivity index (χ3n) is 3.17. The van der Waals surface area contributed by atoms with Crippen LogP contribution in [0.1, 0.15) is 53.9 Å². The number of hydrogen-bond donors (Lipinski definition) is 0. The summed E-state index contributed by atoms with van der Waals surface area (Å²) in [6.45, 7) is 17.7. The predicted molar refractivity (Wildman–Crippen MR) is 99.9 cm³/mol.